The molecule has 0 bridgehead atoms. The Labute approximate surface area is 117 Å². The van der Waals surface area contributed by atoms with E-state index < -0.39 is 17.5 Å². The van der Waals surface area contributed by atoms with E-state index in [4.69, 9.17) is 0 Å². The quantitative estimate of drug-likeness (QED) is 0.610. The van der Waals surface area contributed by atoms with E-state index >= 15 is 0 Å². The number of Topliss-reactive ketones (excluding diaryl/α,β-unsaturated/α-hetero) is 1. The minimum atomic E-state index is -0.763. The first-order valence-electron chi connectivity index (χ1n) is 6.72. The van der Waals surface area contributed by atoms with Gasteiger partial charge in [-0.05, 0) is 13.3 Å². The normalized spacial score (nSPS) is 10.6. The summed E-state index contributed by atoms with van der Waals surface area (Å²) in [7, 11) is 0. The van der Waals surface area contributed by atoms with Gasteiger partial charge in [0.05, 0.1) is 5.69 Å². The van der Waals surface area contributed by atoms with Crippen LogP contribution in [-0.2, 0) is 0 Å². The summed E-state index contributed by atoms with van der Waals surface area (Å²) in [5.74, 6) is -1.34. The number of imidazole rings is 1. The Kier molecular flexibility index (Phi) is 5.19. The maximum atomic E-state index is 12.2. The standard InChI is InChI=1S/C14H20N2O4/c1-5-6-7-8-12(19)13-9(2)15(10(3)17)14(20)16(13)11(4)18/h5-8H2,1-4H3. The van der Waals surface area contributed by atoms with Crippen molar-refractivity contribution in [3.8, 4) is 0 Å². The molecule has 1 aromatic heterocycles. The van der Waals surface area contributed by atoms with E-state index in [9.17, 15) is 19.2 Å². The lowest BCUT2D eigenvalue weighted by Gasteiger charge is -2.04. The number of ketones is 1. The molecule has 6 nitrogen and oxygen atoms in total. The van der Waals surface area contributed by atoms with Crippen molar-refractivity contribution in [2.24, 2.45) is 0 Å². The molecule has 0 aliphatic heterocycles. The molecule has 0 N–H and O–H groups in total. The lowest BCUT2D eigenvalue weighted by Crippen LogP contribution is -2.31. The Balaban J connectivity index is 3.34. The third-order valence-corrected chi connectivity index (χ3v) is 3.19. The van der Waals surface area contributed by atoms with Crippen LogP contribution in [0.5, 0.6) is 0 Å². The highest BCUT2D eigenvalue weighted by Crippen LogP contribution is 2.12. The Hall–Kier alpha value is -1.98. The van der Waals surface area contributed by atoms with Crippen LogP contribution < -0.4 is 5.69 Å². The lowest BCUT2D eigenvalue weighted by atomic mass is 10.1. The second kappa shape index (κ2) is 6.45. The second-order valence-electron chi connectivity index (χ2n) is 4.81. The van der Waals surface area contributed by atoms with Crippen LogP contribution in [-0.4, -0.2) is 26.7 Å². The van der Waals surface area contributed by atoms with Crippen LogP contribution in [0.3, 0.4) is 0 Å². The van der Waals surface area contributed by atoms with E-state index in [1.165, 1.54) is 20.8 Å². The maximum absolute atomic E-state index is 12.2. The molecule has 20 heavy (non-hydrogen) atoms. The van der Waals surface area contributed by atoms with Crippen LogP contribution in [0.25, 0.3) is 0 Å². The summed E-state index contributed by atoms with van der Waals surface area (Å²) in [6, 6.07) is 0. The molecule has 1 rings (SSSR count). The molecule has 0 atom stereocenters. The third-order valence-electron chi connectivity index (χ3n) is 3.19. The van der Waals surface area contributed by atoms with Gasteiger partial charge in [0.1, 0.15) is 5.69 Å². The fourth-order valence-electron chi connectivity index (χ4n) is 2.25. The van der Waals surface area contributed by atoms with Gasteiger partial charge in [0.2, 0.25) is 11.8 Å². The first kappa shape index (κ1) is 16.1. The molecule has 0 saturated carbocycles. The summed E-state index contributed by atoms with van der Waals surface area (Å²) in [6.07, 6.45) is 2.85. The predicted octanol–water partition coefficient (Wildman–Crippen LogP) is 2.04. The Morgan fingerprint density at radius 3 is 2.00 bits per heavy atom. The zero-order valence-corrected chi connectivity index (χ0v) is 12.4. The van der Waals surface area contributed by atoms with Crippen molar-refractivity contribution in [3.05, 3.63) is 21.9 Å². The van der Waals surface area contributed by atoms with Crippen molar-refractivity contribution >= 4 is 17.6 Å². The van der Waals surface area contributed by atoms with Crippen molar-refractivity contribution in [3.63, 3.8) is 0 Å². The van der Waals surface area contributed by atoms with Crippen LogP contribution in [0.15, 0.2) is 4.79 Å². The van der Waals surface area contributed by atoms with Crippen LogP contribution >= 0.6 is 0 Å². The van der Waals surface area contributed by atoms with Crippen molar-refractivity contribution in [2.75, 3.05) is 0 Å². The molecule has 0 unspecified atom stereocenters. The Morgan fingerprint density at radius 2 is 1.55 bits per heavy atom. The number of hydrogen-bond donors (Lipinski definition) is 0. The molecule has 0 saturated heterocycles. The molecule has 6 heteroatoms. The summed E-state index contributed by atoms with van der Waals surface area (Å²) in [5.41, 5.74) is -0.491. The number of rotatable bonds is 5. The number of hydrogen-bond acceptors (Lipinski definition) is 4. The van der Waals surface area contributed by atoms with Crippen molar-refractivity contribution < 1.29 is 14.4 Å². The number of carbonyl (C=O) groups excluding carboxylic acids is 3. The van der Waals surface area contributed by atoms with Gasteiger partial charge in [0.25, 0.3) is 0 Å². The van der Waals surface area contributed by atoms with Gasteiger partial charge >= 0.3 is 5.69 Å². The summed E-state index contributed by atoms with van der Waals surface area (Å²) in [4.78, 5) is 47.4. The van der Waals surface area contributed by atoms with Crippen LogP contribution in [0.1, 0.15) is 72.2 Å². The predicted molar refractivity (Wildman–Crippen MR) is 74.5 cm³/mol. The molecule has 1 heterocycles. The third kappa shape index (κ3) is 2.95. The first-order chi connectivity index (χ1) is 9.32. The van der Waals surface area contributed by atoms with E-state index in [-0.39, 0.29) is 23.6 Å². The fourth-order valence-corrected chi connectivity index (χ4v) is 2.25. The smallest absolute Gasteiger partial charge is 0.292 e. The maximum Gasteiger partial charge on any atom is 0.342 e. The zero-order valence-electron chi connectivity index (χ0n) is 12.4. The summed E-state index contributed by atoms with van der Waals surface area (Å²) in [5, 5.41) is 0. The van der Waals surface area contributed by atoms with Gasteiger partial charge in [-0.15, -0.1) is 0 Å². The minimum absolute atomic E-state index is 0.0359. The van der Waals surface area contributed by atoms with E-state index in [1.807, 2.05) is 6.92 Å². The highest BCUT2D eigenvalue weighted by atomic mass is 16.2. The van der Waals surface area contributed by atoms with Gasteiger partial charge in [-0.25, -0.2) is 13.9 Å². The highest BCUT2D eigenvalue weighted by Gasteiger charge is 2.25. The van der Waals surface area contributed by atoms with E-state index in [2.05, 4.69) is 0 Å². The van der Waals surface area contributed by atoms with Gasteiger partial charge in [0.15, 0.2) is 5.78 Å². The van der Waals surface area contributed by atoms with Gasteiger partial charge in [-0.2, -0.15) is 0 Å². The molecular formula is C14H20N2O4. The molecule has 0 aromatic carbocycles. The Bertz CT molecular complexity index is 607. The molecule has 110 valence electrons. The van der Waals surface area contributed by atoms with Crippen LogP contribution in [0.2, 0.25) is 0 Å². The fraction of sp³-hybridized carbons (Fsp3) is 0.571. The average molecular weight is 280 g/mol. The van der Waals surface area contributed by atoms with Crippen molar-refractivity contribution in [1.29, 1.82) is 0 Å². The molecule has 1 aromatic rings. The summed E-state index contributed by atoms with van der Waals surface area (Å²) < 4.78 is 1.67. The summed E-state index contributed by atoms with van der Waals surface area (Å²) >= 11 is 0. The van der Waals surface area contributed by atoms with Crippen molar-refractivity contribution in [1.82, 2.24) is 9.13 Å². The second-order valence-corrected chi connectivity index (χ2v) is 4.81. The molecule has 0 amide bonds. The summed E-state index contributed by atoms with van der Waals surface area (Å²) in [6.45, 7) is 5.96. The topological polar surface area (TPSA) is 78.1 Å². The van der Waals surface area contributed by atoms with Gasteiger partial charge < -0.3 is 0 Å². The largest absolute Gasteiger partial charge is 0.342 e. The van der Waals surface area contributed by atoms with Gasteiger partial charge in [0, 0.05) is 20.3 Å². The van der Waals surface area contributed by atoms with E-state index in [0.717, 1.165) is 22.0 Å². The lowest BCUT2D eigenvalue weighted by molar-refractivity contribution is 0.0892. The molecule has 0 aliphatic rings. The number of nitrogens with zero attached hydrogens (tertiary/aromatic N) is 2. The SMILES string of the molecule is CCCCCC(=O)c1c(C)n(C(C)=O)c(=O)n1C(C)=O. The minimum Gasteiger partial charge on any atom is -0.292 e. The van der Waals surface area contributed by atoms with Gasteiger partial charge in [-0.1, -0.05) is 19.8 Å². The van der Waals surface area contributed by atoms with E-state index in [1.54, 1.807) is 0 Å². The number of unbranched alkanes of at least 4 members (excludes halogenated alkanes) is 2. The van der Waals surface area contributed by atoms with Crippen LogP contribution in [0.4, 0.5) is 0 Å². The van der Waals surface area contributed by atoms with E-state index in [0.29, 0.717) is 6.42 Å². The molecule has 0 spiro atoms. The zero-order chi connectivity index (χ0) is 15.4. The molecule has 0 radical (unpaired) electrons. The van der Waals surface area contributed by atoms with Gasteiger partial charge in [-0.3, -0.25) is 14.4 Å². The molecular weight excluding hydrogens is 260 g/mol. The number of carbonyl (C=O) groups is 3. The highest BCUT2D eigenvalue weighted by molar-refractivity contribution is 6.00. The first-order valence-corrected chi connectivity index (χ1v) is 6.72. The van der Waals surface area contributed by atoms with Crippen LogP contribution in [0, 0.1) is 6.92 Å². The molecule has 0 aliphatic carbocycles. The van der Waals surface area contributed by atoms with Crippen molar-refractivity contribution in [2.45, 2.75) is 53.4 Å². The Morgan fingerprint density at radius 1 is 1.00 bits per heavy atom. The molecule has 0 fully saturated rings. The number of aromatic nitrogens is 2. The monoisotopic (exact) mass is 280 g/mol. The average Bonchev–Trinajstić information content (AvgIpc) is 2.60.